The maximum atomic E-state index is 11.7. The van der Waals surface area contributed by atoms with Crippen molar-refractivity contribution in [2.24, 2.45) is 5.73 Å². The average Bonchev–Trinajstić information content (AvgIpc) is 2.39. The van der Waals surface area contributed by atoms with Gasteiger partial charge in [-0.25, -0.2) is 0 Å². The lowest BCUT2D eigenvalue weighted by atomic mass is 10.2. The van der Waals surface area contributed by atoms with E-state index in [-0.39, 0.29) is 12.0 Å². The van der Waals surface area contributed by atoms with Crippen LogP contribution in [0, 0.1) is 0 Å². The van der Waals surface area contributed by atoms with Crippen LogP contribution in [0.5, 0.6) is 5.75 Å². The van der Waals surface area contributed by atoms with Gasteiger partial charge in [-0.1, -0.05) is 6.92 Å². The molecule has 1 aromatic carbocycles. The van der Waals surface area contributed by atoms with Gasteiger partial charge in [0.15, 0.2) is 0 Å². The Labute approximate surface area is 109 Å². The number of nitrogens with two attached hydrogens (primary N) is 1. The molecule has 100 valence electrons. The number of carbonyl (C=O) groups excluding carboxylic acids is 1. The minimum Gasteiger partial charge on any atom is -0.491 e. The first-order valence-corrected chi connectivity index (χ1v) is 6.42. The molecule has 0 radical (unpaired) electrons. The monoisotopic (exact) mass is 250 g/mol. The third-order valence-corrected chi connectivity index (χ3v) is 2.70. The van der Waals surface area contributed by atoms with Gasteiger partial charge in [0.25, 0.3) is 5.91 Å². The Kier molecular flexibility index (Phi) is 6.22. The largest absolute Gasteiger partial charge is 0.491 e. The highest BCUT2D eigenvalue weighted by Crippen LogP contribution is 2.14. The van der Waals surface area contributed by atoms with Crippen LogP contribution in [0.2, 0.25) is 0 Å². The van der Waals surface area contributed by atoms with Crippen molar-refractivity contribution < 1.29 is 9.53 Å². The molecule has 0 aromatic heterocycles. The van der Waals surface area contributed by atoms with E-state index in [0.29, 0.717) is 18.7 Å². The molecule has 0 aliphatic heterocycles. The standard InChI is InChI=1S/C14H22N2O2/c1-3-11(2)18-13-7-5-12(6-8-13)14(17)16-10-4-9-15/h5-8,11H,3-4,9-10,15H2,1-2H3,(H,16,17). The van der Waals surface area contributed by atoms with Crippen LogP contribution in [0.1, 0.15) is 37.0 Å². The topological polar surface area (TPSA) is 64.3 Å². The summed E-state index contributed by atoms with van der Waals surface area (Å²) in [6.07, 6.45) is 1.94. The Bertz CT molecular complexity index is 363. The Morgan fingerprint density at radius 1 is 1.39 bits per heavy atom. The molecule has 0 heterocycles. The van der Waals surface area contributed by atoms with Gasteiger partial charge in [0, 0.05) is 12.1 Å². The van der Waals surface area contributed by atoms with Gasteiger partial charge in [0.1, 0.15) is 5.75 Å². The highest BCUT2D eigenvalue weighted by molar-refractivity contribution is 5.94. The van der Waals surface area contributed by atoms with E-state index in [9.17, 15) is 4.79 Å². The molecule has 1 unspecified atom stereocenters. The van der Waals surface area contributed by atoms with Crippen molar-refractivity contribution in [1.29, 1.82) is 0 Å². The summed E-state index contributed by atoms with van der Waals surface area (Å²) in [5.74, 6) is 0.724. The molecular formula is C14H22N2O2. The fourth-order valence-corrected chi connectivity index (χ4v) is 1.41. The van der Waals surface area contributed by atoms with Crippen LogP contribution in [0.4, 0.5) is 0 Å². The SMILES string of the molecule is CCC(C)Oc1ccc(C(=O)NCCCN)cc1. The van der Waals surface area contributed by atoms with Crippen molar-refractivity contribution in [3.8, 4) is 5.75 Å². The van der Waals surface area contributed by atoms with Crippen molar-refractivity contribution in [2.75, 3.05) is 13.1 Å². The van der Waals surface area contributed by atoms with Gasteiger partial charge in [-0.15, -0.1) is 0 Å². The number of nitrogens with one attached hydrogen (secondary N) is 1. The molecule has 0 aliphatic carbocycles. The second-order valence-electron chi connectivity index (χ2n) is 4.26. The van der Waals surface area contributed by atoms with Crippen molar-refractivity contribution in [1.82, 2.24) is 5.32 Å². The summed E-state index contributed by atoms with van der Waals surface area (Å²) in [6.45, 7) is 5.29. The Morgan fingerprint density at radius 3 is 2.61 bits per heavy atom. The van der Waals surface area contributed by atoms with Crippen molar-refractivity contribution in [3.63, 3.8) is 0 Å². The number of rotatable bonds is 7. The number of hydrogen-bond donors (Lipinski definition) is 2. The molecule has 0 aliphatic rings. The van der Waals surface area contributed by atoms with Crippen molar-refractivity contribution >= 4 is 5.91 Å². The van der Waals surface area contributed by atoms with E-state index in [1.54, 1.807) is 12.1 Å². The van der Waals surface area contributed by atoms with Crippen molar-refractivity contribution in [3.05, 3.63) is 29.8 Å². The zero-order valence-corrected chi connectivity index (χ0v) is 11.1. The summed E-state index contributed by atoms with van der Waals surface area (Å²) in [6, 6.07) is 7.19. The molecule has 3 N–H and O–H groups in total. The van der Waals surface area contributed by atoms with Crippen LogP contribution in [0.15, 0.2) is 24.3 Å². The fourth-order valence-electron chi connectivity index (χ4n) is 1.41. The average molecular weight is 250 g/mol. The second-order valence-corrected chi connectivity index (χ2v) is 4.26. The van der Waals surface area contributed by atoms with Gasteiger partial charge in [0.05, 0.1) is 6.10 Å². The molecule has 0 saturated carbocycles. The van der Waals surface area contributed by atoms with Crippen LogP contribution in [-0.2, 0) is 0 Å². The quantitative estimate of drug-likeness (QED) is 0.727. The van der Waals surface area contributed by atoms with Crippen LogP contribution in [0.25, 0.3) is 0 Å². The van der Waals surface area contributed by atoms with E-state index in [2.05, 4.69) is 12.2 Å². The molecule has 1 rings (SSSR count). The maximum absolute atomic E-state index is 11.7. The normalized spacial score (nSPS) is 11.9. The fraction of sp³-hybridized carbons (Fsp3) is 0.500. The summed E-state index contributed by atoms with van der Waals surface area (Å²) < 4.78 is 5.65. The second kappa shape index (κ2) is 7.71. The third kappa shape index (κ3) is 4.75. The zero-order chi connectivity index (χ0) is 13.4. The van der Waals surface area contributed by atoms with Gasteiger partial charge in [-0.05, 0) is 50.6 Å². The Morgan fingerprint density at radius 2 is 2.06 bits per heavy atom. The van der Waals surface area contributed by atoms with Crippen LogP contribution in [0.3, 0.4) is 0 Å². The molecule has 4 heteroatoms. The third-order valence-electron chi connectivity index (χ3n) is 2.70. The van der Waals surface area contributed by atoms with Crippen LogP contribution >= 0.6 is 0 Å². The number of amides is 1. The lowest BCUT2D eigenvalue weighted by Crippen LogP contribution is -2.25. The van der Waals surface area contributed by atoms with E-state index in [1.807, 2.05) is 19.1 Å². The smallest absolute Gasteiger partial charge is 0.251 e. The summed E-state index contributed by atoms with van der Waals surface area (Å²) in [5.41, 5.74) is 6.01. The summed E-state index contributed by atoms with van der Waals surface area (Å²) in [5, 5.41) is 2.81. The van der Waals surface area contributed by atoms with E-state index in [4.69, 9.17) is 10.5 Å². The van der Waals surface area contributed by atoms with Crippen LogP contribution < -0.4 is 15.8 Å². The lowest BCUT2D eigenvalue weighted by Gasteiger charge is -2.12. The van der Waals surface area contributed by atoms with Crippen molar-refractivity contribution in [2.45, 2.75) is 32.8 Å². The molecule has 18 heavy (non-hydrogen) atoms. The number of benzene rings is 1. The number of hydrogen-bond acceptors (Lipinski definition) is 3. The lowest BCUT2D eigenvalue weighted by molar-refractivity contribution is 0.0953. The summed E-state index contributed by atoms with van der Waals surface area (Å²) in [7, 11) is 0. The molecule has 4 nitrogen and oxygen atoms in total. The van der Waals surface area contributed by atoms with E-state index < -0.39 is 0 Å². The van der Waals surface area contributed by atoms with E-state index >= 15 is 0 Å². The van der Waals surface area contributed by atoms with Gasteiger partial charge >= 0.3 is 0 Å². The molecular weight excluding hydrogens is 228 g/mol. The minimum absolute atomic E-state index is 0.0708. The highest BCUT2D eigenvalue weighted by atomic mass is 16.5. The Balaban J connectivity index is 2.51. The van der Waals surface area contributed by atoms with Crippen LogP contribution in [-0.4, -0.2) is 25.1 Å². The van der Waals surface area contributed by atoms with E-state index in [1.165, 1.54) is 0 Å². The summed E-state index contributed by atoms with van der Waals surface area (Å²) >= 11 is 0. The molecule has 1 aromatic rings. The first-order valence-electron chi connectivity index (χ1n) is 6.42. The first kappa shape index (κ1) is 14.5. The molecule has 0 spiro atoms. The predicted molar refractivity (Wildman–Crippen MR) is 72.8 cm³/mol. The molecule has 1 amide bonds. The molecule has 0 saturated heterocycles. The predicted octanol–water partition coefficient (Wildman–Crippen LogP) is 1.94. The molecule has 0 bridgehead atoms. The molecule has 1 atom stereocenters. The highest BCUT2D eigenvalue weighted by Gasteiger charge is 2.05. The van der Waals surface area contributed by atoms with Gasteiger partial charge in [-0.2, -0.15) is 0 Å². The molecule has 0 fully saturated rings. The van der Waals surface area contributed by atoms with E-state index in [0.717, 1.165) is 18.6 Å². The number of carbonyl (C=O) groups is 1. The first-order chi connectivity index (χ1) is 8.67. The van der Waals surface area contributed by atoms with Gasteiger partial charge < -0.3 is 15.8 Å². The van der Waals surface area contributed by atoms with Gasteiger partial charge in [-0.3, -0.25) is 4.79 Å². The minimum atomic E-state index is -0.0708. The maximum Gasteiger partial charge on any atom is 0.251 e. The zero-order valence-electron chi connectivity index (χ0n) is 11.1. The summed E-state index contributed by atoms with van der Waals surface area (Å²) in [4.78, 5) is 11.7. The van der Waals surface area contributed by atoms with Gasteiger partial charge in [0.2, 0.25) is 0 Å². The number of ether oxygens (including phenoxy) is 1. The Hall–Kier alpha value is -1.55.